The van der Waals surface area contributed by atoms with Gasteiger partial charge in [0.2, 0.25) is 23.7 Å². The SMILES string of the molecule is CN(CCCCCCC(=O)NO)C(=O)C1CCC(N(c2ncccn2)c2ncccn2)CC1. The zero-order valence-electron chi connectivity index (χ0n) is 19.1. The van der Waals surface area contributed by atoms with Crippen LogP contribution in [0.5, 0.6) is 0 Å². The van der Waals surface area contributed by atoms with Gasteiger partial charge in [0.25, 0.3) is 0 Å². The number of hydrogen-bond acceptors (Lipinski definition) is 8. The molecule has 2 aromatic rings. The Bertz CT molecular complexity index is 821. The number of nitrogens with zero attached hydrogens (tertiary/aromatic N) is 6. The molecular weight excluding hydrogens is 422 g/mol. The molecule has 3 rings (SSSR count). The standard InChI is InChI=1S/C23H33N7O3/c1-29(17-5-3-2-4-8-20(31)28-33)21(32)18-9-11-19(12-10-18)30(22-24-13-6-14-25-22)23-26-15-7-16-27-23/h6-7,13-16,18-19,33H,2-5,8-12,17H2,1H3,(H,28,31). The second-order valence-corrected chi connectivity index (χ2v) is 8.43. The molecule has 2 heterocycles. The van der Waals surface area contributed by atoms with Crippen LogP contribution in [0.25, 0.3) is 0 Å². The lowest BCUT2D eigenvalue weighted by Gasteiger charge is -2.36. The Hall–Kier alpha value is -3.14. The molecule has 0 unspecified atom stereocenters. The quantitative estimate of drug-likeness (QED) is 0.301. The van der Waals surface area contributed by atoms with E-state index in [-0.39, 0.29) is 23.8 Å². The number of nitrogens with one attached hydrogen (secondary N) is 1. The van der Waals surface area contributed by atoms with Gasteiger partial charge in [-0.2, -0.15) is 0 Å². The van der Waals surface area contributed by atoms with Crippen LogP contribution in [0.1, 0.15) is 57.8 Å². The molecule has 2 N–H and O–H groups in total. The van der Waals surface area contributed by atoms with Crippen molar-refractivity contribution in [1.29, 1.82) is 0 Å². The van der Waals surface area contributed by atoms with Crippen LogP contribution in [-0.2, 0) is 9.59 Å². The monoisotopic (exact) mass is 455 g/mol. The number of anilines is 2. The molecule has 10 nitrogen and oxygen atoms in total. The molecule has 178 valence electrons. The molecule has 0 spiro atoms. The molecule has 0 radical (unpaired) electrons. The van der Waals surface area contributed by atoms with Crippen LogP contribution in [0.4, 0.5) is 11.9 Å². The molecule has 0 atom stereocenters. The average molecular weight is 456 g/mol. The lowest BCUT2D eigenvalue weighted by molar-refractivity contribution is -0.135. The van der Waals surface area contributed by atoms with Crippen molar-refractivity contribution in [3.63, 3.8) is 0 Å². The average Bonchev–Trinajstić information content (AvgIpc) is 2.87. The molecular formula is C23H33N7O3. The number of carbonyl (C=O) groups is 2. The Morgan fingerprint density at radius 1 is 0.909 bits per heavy atom. The lowest BCUT2D eigenvalue weighted by Crippen LogP contribution is -2.41. The highest BCUT2D eigenvalue weighted by molar-refractivity contribution is 5.78. The summed E-state index contributed by atoms with van der Waals surface area (Å²) in [5, 5.41) is 8.50. The van der Waals surface area contributed by atoms with Gasteiger partial charge in [0.15, 0.2) is 0 Å². The maximum Gasteiger partial charge on any atom is 0.243 e. The van der Waals surface area contributed by atoms with E-state index in [4.69, 9.17) is 5.21 Å². The van der Waals surface area contributed by atoms with E-state index in [1.165, 1.54) is 0 Å². The Morgan fingerprint density at radius 2 is 1.45 bits per heavy atom. The summed E-state index contributed by atoms with van der Waals surface area (Å²) in [4.78, 5) is 45.4. The van der Waals surface area contributed by atoms with E-state index in [0.29, 0.717) is 24.9 Å². The third kappa shape index (κ3) is 7.18. The summed E-state index contributed by atoms with van der Waals surface area (Å²) < 4.78 is 0. The van der Waals surface area contributed by atoms with Gasteiger partial charge in [-0.1, -0.05) is 12.8 Å². The third-order valence-electron chi connectivity index (χ3n) is 6.09. The fraction of sp³-hybridized carbons (Fsp3) is 0.565. The number of rotatable bonds is 11. The second kappa shape index (κ2) is 12.8. The van der Waals surface area contributed by atoms with Gasteiger partial charge in [0.05, 0.1) is 0 Å². The van der Waals surface area contributed by atoms with Crippen molar-refractivity contribution in [1.82, 2.24) is 30.3 Å². The molecule has 1 aliphatic rings. The molecule has 0 bridgehead atoms. The highest BCUT2D eigenvalue weighted by Crippen LogP contribution is 2.33. The smallest absolute Gasteiger partial charge is 0.243 e. The molecule has 2 amide bonds. The van der Waals surface area contributed by atoms with Crippen molar-refractivity contribution < 1.29 is 14.8 Å². The minimum atomic E-state index is -0.353. The van der Waals surface area contributed by atoms with E-state index in [9.17, 15) is 9.59 Å². The van der Waals surface area contributed by atoms with Gasteiger partial charge in [-0.15, -0.1) is 0 Å². The molecule has 10 heteroatoms. The molecule has 1 aliphatic carbocycles. The number of amides is 2. The number of hydroxylamine groups is 1. The van der Waals surface area contributed by atoms with Gasteiger partial charge in [0, 0.05) is 56.8 Å². The fourth-order valence-electron chi connectivity index (χ4n) is 4.29. The van der Waals surface area contributed by atoms with Crippen molar-refractivity contribution in [2.45, 2.75) is 63.8 Å². The number of unbranched alkanes of at least 4 members (excludes halogenated alkanes) is 3. The van der Waals surface area contributed by atoms with Gasteiger partial charge >= 0.3 is 0 Å². The summed E-state index contributed by atoms with van der Waals surface area (Å²) in [7, 11) is 1.87. The van der Waals surface area contributed by atoms with Gasteiger partial charge in [0.1, 0.15) is 0 Å². The van der Waals surface area contributed by atoms with Crippen LogP contribution in [0, 0.1) is 5.92 Å². The Labute approximate surface area is 194 Å². The molecule has 0 aliphatic heterocycles. The first-order valence-corrected chi connectivity index (χ1v) is 11.6. The molecule has 2 aromatic heterocycles. The van der Waals surface area contributed by atoms with Gasteiger partial charge in [-0.3, -0.25) is 19.7 Å². The Morgan fingerprint density at radius 3 is 2.00 bits per heavy atom. The van der Waals surface area contributed by atoms with E-state index in [0.717, 1.165) is 51.4 Å². The summed E-state index contributed by atoms with van der Waals surface area (Å²) in [6.07, 6.45) is 14.0. The number of aromatic nitrogens is 4. The number of carbonyl (C=O) groups excluding carboxylic acids is 2. The maximum absolute atomic E-state index is 12.9. The summed E-state index contributed by atoms with van der Waals surface area (Å²) >= 11 is 0. The van der Waals surface area contributed by atoms with Gasteiger partial charge in [-0.25, -0.2) is 25.4 Å². The predicted molar refractivity (Wildman–Crippen MR) is 123 cm³/mol. The molecule has 1 fully saturated rings. The first kappa shape index (κ1) is 24.5. The van der Waals surface area contributed by atoms with Crippen molar-refractivity contribution in [2.24, 2.45) is 5.92 Å². The molecule has 0 saturated heterocycles. The summed E-state index contributed by atoms with van der Waals surface area (Å²) in [6, 6.07) is 3.70. The maximum atomic E-state index is 12.9. The Kier molecular flexibility index (Phi) is 9.49. The van der Waals surface area contributed by atoms with Crippen LogP contribution >= 0.6 is 0 Å². The van der Waals surface area contributed by atoms with Gasteiger partial charge < -0.3 is 4.90 Å². The third-order valence-corrected chi connectivity index (χ3v) is 6.09. The minimum absolute atomic E-state index is 0.0229. The number of hydrogen-bond donors (Lipinski definition) is 2. The first-order chi connectivity index (χ1) is 16.1. The first-order valence-electron chi connectivity index (χ1n) is 11.6. The highest BCUT2D eigenvalue weighted by atomic mass is 16.5. The van der Waals surface area contributed by atoms with Crippen LogP contribution in [0.3, 0.4) is 0 Å². The minimum Gasteiger partial charge on any atom is -0.346 e. The van der Waals surface area contributed by atoms with Crippen molar-refractivity contribution >= 4 is 23.7 Å². The van der Waals surface area contributed by atoms with Crippen LogP contribution in [0.2, 0.25) is 0 Å². The van der Waals surface area contributed by atoms with E-state index in [2.05, 4.69) is 19.9 Å². The summed E-state index contributed by atoms with van der Waals surface area (Å²) in [5.41, 5.74) is 1.65. The second-order valence-electron chi connectivity index (χ2n) is 8.43. The van der Waals surface area contributed by atoms with Crippen molar-refractivity contribution in [3.05, 3.63) is 36.9 Å². The molecule has 0 aromatic carbocycles. The van der Waals surface area contributed by atoms with E-state index >= 15 is 0 Å². The van der Waals surface area contributed by atoms with E-state index in [1.54, 1.807) is 42.4 Å². The van der Waals surface area contributed by atoms with Crippen LogP contribution in [-0.4, -0.2) is 61.5 Å². The molecule has 33 heavy (non-hydrogen) atoms. The normalized spacial score (nSPS) is 17.9. The zero-order chi connectivity index (χ0) is 23.5. The van der Waals surface area contributed by atoms with Gasteiger partial charge in [-0.05, 0) is 50.7 Å². The fourth-order valence-corrected chi connectivity index (χ4v) is 4.29. The Balaban J connectivity index is 1.47. The highest BCUT2D eigenvalue weighted by Gasteiger charge is 2.33. The predicted octanol–water partition coefficient (Wildman–Crippen LogP) is 2.88. The van der Waals surface area contributed by atoms with Crippen molar-refractivity contribution in [3.8, 4) is 0 Å². The zero-order valence-corrected chi connectivity index (χ0v) is 19.1. The largest absolute Gasteiger partial charge is 0.346 e. The topological polar surface area (TPSA) is 124 Å². The van der Waals surface area contributed by atoms with E-state index < -0.39 is 0 Å². The van der Waals surface area contributed by atoms with E-state index in [1.807, 2.05) is 16.8 Å². The summed E-state index contributed by atoms with van der Waals surface area (Å²) in [5.74, 6) is 1.02. The van der Waals surface area contributed by atoms with Crippen LogP contribution in [0.15, 0.2) is 36.9 Å². The lowest BCUT2D eigenvalue weighted by atomic mass is 9.84. The van der Waals surface area contributed by atoms with Crippen LogP contribution < -0.4 is 10.4 Å². The molecule has 1 saturated carbocycles. The van der Waals surface area contributed by atoms with Crippen molar-refractivity contribution in [2.75, 3.05) is 18.5 Å². The summed E-state index contributed by atoms with van der Waals surface area (Å²) in [6.45, 7) is 0.715.